The third-order valence-corrected chi connectivity index (χ3v) is 10.4. The predicted octanol–water partition coefficient (Wildman–Crippen LogP) is 4.78. The summed E-state index contributed by atoms with van der Waals surface area (Å²) in [4.78, 5) is 55.9. The highest BCUT2D eigenvalue weighted by molar-refractivity contribution is 6.33. The minimum atomic E-state index is -4.60. The predicted molar refractivity (Wildman–Crippen MR) is 178 cm³/mol. The number of hydrogen-bond donors (Lipinski definition) is 2. The minimum Gasteiger partial charge on any atom is -0.504 e. The molecule has 13 nitrogen and oxygen atoms in total. The monoisotopic (exact) mass is 726 g/mol. The number of ether oxygens (including phenoxy) is 1. The zero-order valence-electron chi connectivity index (χ0n) is 27.7. The van der Waals surface area contributed by atoms with Crippen molar-refractivity contribution in [3.8, 4) is 5.75 Å². The Kier molecular flexibility index (Phi) is 9.08. The Morgan fingerprint density at radius 2 is 1.98 bits per heavy atom. The normalized spacial score (nSPS) is 20.1. The van der Waals surface area contributed by atoms with Gasteiger partial charge in [-0.1, -0.05) is 17.7 Å². The number of nitrogens with zero attached hydrogens (tertiary/aromatic N) is 7. The van der Waals surface area contributed by atoms with Crippen molar-refractivity contribution >= 4 is 40.5 Å². The maximum atomic E-state index is 14.3. The summed E-state index contributed by atoms with van der Waals surface area (Å²) in [6, 6.07) is 2.44. The highest BCUT2D eigenvalue weighted by Crippen LogP contribution is 2.48. The second-order valence-electron chi connectivity index (χ2n) is 12.9. The first-order chi connectivity index (χ1) is 24.4. The molecule has 2 N–H and O–H groups in total. The van der Waals surface area contributed by atoms with Crippen molar-refractivity contribution in [1.82, 2.24) is 34.0 Å². The molecule has 2 aliphatic carbocycles. The van der Waals surface area contributed by atoms with Gasteiger partial charge in [0.05, 0.1) is 35.2 Å². The maximum absolute atomic E-state index is 14.3. The van der Waals surface area contributed by atoms with E-state index in [1.165, 1.54) is 10.8 Å². The van der Waals surface area contributed by atoms with E-state index in [1.807, 2.05) is 13.0 Å². The molecule has 1 saturated carbocycles. The van der Waals surface area contributed by atoms with Gasteiger partial charge in [0.2, 0.25) is 11.7 Å². The van der Waals surface area contributed by atoms with Gasteiger partial charge in [0, 0.05) is 23.8 Å². The SMILES string of the molecule is CCN(C(=O)c1ncnc(C)c1O)C1CCC1C1CCc2c1c(=O)n1nc(C3=CCOCC3)nc1n2CC(=O)Nc1ccc(C(F)(F)F)cc1Cl. The van der Waals surface area contributed by atoms with Gasteiger partial charge in [0.15, 0.2) is 17.3 Å². The lowest BCUT2D eigenvalue weighted by atomic mass is 9.69. The molecule has 4 aromatic rings. The third kappa shape index (κ3) is 6.24. The first-order valence-electron chi connectivity index (χ1n) is 16.6. The molecule has 17 heteroatoms. The molecule has 0 radical (unpaired) electrons. The van der Waals surface area contributed by atoms with E-state index in [0.29, 0.717) is 62.5 Å². The van der Waals surface area contributed by atoms with Crippen molar-refractivity contribution in [2.75, 3.05) is 25.1 Å². The molecule has 0 saturated heterocycles. The molecule has 3 aromatic heterocycles. The number of aryl methyl sites for hydroxylation is 1. The van der Waals surface area contributed by atoms with Crippen LogP contribution in [0.25, 0.3) is 11.4 Å². The molecular formula is C34H34ClF3N8O5. The van der Waals surface area contributed by atoms with Crippen LogP contribution in [0.1, 0.15) is 77.4 Å². The first-order valence-corrected chi connectivity index (χ1v) is 17.0. The zero-order chi connectivity index (χ0) is 36.2. The first kappa shape index (κ1) is 34.6. The highest BCUT2D eigenvalue weighted by Gasteiger charge is 2.47. The molecule has 3 atom stereocenters. The molecule has 3 aliphatic rings. The highest BCUT2D eigenvalue weighted by atomic mass is 35.5. The van der Waals surface area contributed by atoms with E-state index in [9.17, 15) is 32.7 Å². The number of halogens is 4. The topological polar surface area (TPSA) is 157 Å². The number of alkyl halides is 3. The van der Waals surface area contributed by atoms with Crippen LogP contribution >= 0.6 is 11.6 Å². The fraction of sp³-hybridized carbons (Fsp3) is 0.441. The molecular weight excluding hydrogens is 693 g/mol. The van der Waals surface area contributed by atoms with Crippen molar-refractivity contribution < 1.29 is 32.6 Å². The minimum absolute atomic E-state index is 0.00215. The summed E-state index contributed by atoms with van der Waals surface area (Å²) in [6.45, 7) is 4.29. The number of benzene rings is 1. The Morgan fingerprint density at radius 3 is 2.65 bits per heavy atom. The summed E-state index contributed by atoms with van der Waals surface area (Å²) in [5.41, 5.74) is 0.793. The molecule has 1 fully saturated rings. The summed E-state index contributed by atoms with van der Waals surface area (Å²) >= 11 is 6.13. The van der Waals surface area contributed by atoms with Crippen LogP contribution < -0.4 is 10.9 Å². The largest absolute Gasteiger partial charge is 0.504 e. The number of anilines is 1. The average Bonchev–Trinajstić information content (AvgIpc) is 3.73. The van der Waals surface area contributed by atoms with Gasteiger partial charge >= 0.3 is 6.18 Å². The molecule has 1 aliphatic heterocycles. The summed E-state index contributed by atoms with van der Waals surface area (Å²) in [5.74, 6) is -1.17. The van der Waals surface area contributed by atoms with Gasteiger partial charge in [0.1, 0.15) is 12.9 Å². The Balaban J connectivity index is 1.25. The number of nitrogens with one attached hydrogen (secondary N) is 1. The van der Waals surface area contributed by atoms with E-state index < -0.39 is 23.6 Å². The molecule has 4 heterocycles. The van der Waals surface area contributed by atoms with E-state index in [1.54, 1.807) is 16.4 Å². The molecule has 51 heavy (non-hydrogen) atoms. The third-order valence-electron chi connectivity index (χ3n) is 10.1. The summed E-state index contributed by atoms with van der Waals surface area (Å²) in [6.07, 6.45) is 1.46. The van der Waals surface area contributed by atoms with Gasteiger partial charge in [-0.15, -0.1) is 5.10 Å². The summed E-state index contributed by atoms with van der Waals surface area (Å²) < 4.78 is 47.9. The standard InChI is InChI=1S/C34H34ClF3N8O5/c1-3-44(32(50)28-29(48)17(2)39-16-40-28)24-8-5-20(24)21-6-9-25-27(21)31(49)46-33(42-30(43-46)18-10-12-51-13-11-18)45(25)15-26(47)41-23-7-4-19(14-22(23)35)34(36,37)38/h4,7,10,14,16,20-21,24,48H,3,5-6,8-9,11-13,15H2,1-2H3,(H,41,47). The lowest BCUT2D eigenvalue weighted by Gasteiger charge is -2.46. The lowest BCUT2D eigenvalue weighted by molar-refractivity contribution is -0.137. The van der Waals surface area contributed by atoms with Crippen molar-refractivity contribution in [3.63, 3.8) is 0 Å². The molecule has 7 rings (SSSR count). The van der Waals surface area contributed by atoms with E-state index in [0.717, 1.165) is 30.2 Å². The summed E-state index contributed by atoms with van der Waals surface area (Å²) in [5, 5.41) is 17.5. The van der Waals surface area contributed by atoms with Crippen molar-refractivity contribution in [1.29, 1.82) is 0 Å². The van der Waals surface area contributed by atoms with E-state index in [2.05, 4.69) is 20.4 Å². The van der Waals surface area contributed by atoms with Gasteiger partial charge in [-0.2, -0.15) is 22.7 Å². The number of rotatable bonds is 8. The van der Waals surface area contributed by atoms with Crippen LogP contribution in [0.4, 0.5) is 18.9 Å². The smallest absolute Gasteiger partial charge is 0.416 e. The van der Waals surface area contributed by atoms with Gasteiger partial charge in [-0.3, -0.25) is 14.4 Å². The quantitative estimate of drug-likeness (QED) is 0.261. The number of aromatic hydroxyl groups is 1. The van der Waals surface area contributed by atoms with Crippen molar-refractivity contribution in [2.45, 2.75) is 70.6 Å². The molecule has 1 aromatic carbocycles. The average molecular weight is 727 g/mol. The number of amides is 2. The van der Waals surface area contributed by atoms with Crippen molar-refractivity contribution in [3.05, 3.63) is 80.0 Å². The number of hydrogen-bond acceptors (Lipinski definition) is 9. The maximum Gasteiger partial charge on any atom is 0.416 e. The number of carbonyl (C=O) groups excluding carboxylic acids is 2. The molecule has 0 spiro atoms. The Labute approximate surface area is 294 Å². The van der Waals surface area contributed by atoms with Crippen molar-refractivity contribution in [2.24, 2.45) is 5.92 Å². The van der Waals surface area contributed by atoms with Crippen LogP contribution in [0.3, 0.4) is 0 Å². The van der Waals surface area contributed by atoms with Crippen LogP contribution in [0.2, 0.25) is 5.02 Å². The van der Waals surface area contributed by atoms with Crippen LogP contribution in [-0.4, -0.2) is 76.8 Å². The second kappa shape index (κ2) is 13.4. The molecule has 3 unspecified atom stereocenters. The van der Waals surface area contributed by atoms with Gasteiger partial charge < -0.3 is 24.6 Å². The fourth-order valence-corrected chi connectivity index (χ4v) is 7.66. The Morgan fingerprint density at radius 1 is 1.18 bits per heavy atom. The van der Waals surface area contributed by atoms with Gasteiger partial charge in [-0.05, 0) is 81.6 Å². The number of fused-ring (bicyclic) bond motifs is 2. The fourth-order valence-electron chi connectivity index (χ4n) is 7.44. The van der Waals surface area contributed by atoms with E-state index in [4.69, 9.17) is 21.3 Å². The van der Waals surface area contributed by atoms with Gasteiger partial charge in [-0.25, -0.2) is 9.97 Å². The molecule has 2 amide bonds. The zero-order valence-corrected chi connectivity index (χ0v) is 28.5. The lowest BCUT2D eigenvalue weighted by Crippen LogP contribution is -2.52. The van der Waals surface area contributed by atoms with Crippen LogP contribution in [0.15, 0.2) is 35.4 Å². The molecule has 268 valence electrons. The molecule has 0 bridgehead atoms. The summed E-state index contributed by atoms with van der Waals surface area (Å²) in [7, 11) is 0. The number of carbonyl (C=O) groups is 2. The van der Waals surface area contributed by atoms with Crippen LogP contribution in [-0.2, 0) is 28.7 Å². The Bertz CT molecular complexity index is 2150. The second-order valence-corrected chi connectivity index (χ2v) is 13.3. The van der Waals surface area contributed by atoms with E-state index >= 15 is 0 Å². The Hall–Kier alpha value is -4.83. The number of aromatic nitrogens is 6. The van der Waals surface area contributed by atoms with Gasteiger partial charge in [0.25, 0.3) is 11.5 Å². The van der Waals surface area contributed by atoms with Crippen LogP contribution in [0.5, 0.6) is 5.75 Å². The van der Waals surface area contributed by atoms with E-state index in [-0.39, 0.29) is 63.6 Å². The van der Waals surface area contributed by atoms with Crippen LogP contribution in [0, 0.1) is 12.8 Å².